The van der Waals surface area contributed by atoms with E-state index in [1.165, 1.54) is 0 Å². The van der Waals surface area contributed by atoms with Crippen LogP contribution in [0.1, 0.15) is 0 Å². The fourth-order valence-corrected chi connectivity index (χ4v) is 0. The molecule has 0 aromatic heterocycles. The Morgan fingerprint density at radius 1 is 1.00 bits per heavy atom. The van der Waals surface area contributed by atoms with Crippen molar-refractivity contribution in [2.75, 3.05) is 0 Å². The standard InChI is InChI=1S/3O.Pt.2W. The minimum absolute atomic E-state index is 0. The molecule has 0 atom stereocenters. The van der Waals surface area contributed by atoms with E-state index in [0.29, 0.717) is 0 Å². The van der Waals surface area contributed by atoms with Crippen LogP contribution in [0.3, 0.4) is 0 Å². The third kappa shape index (κ3) is 50.8. The summed E-state index contributed by atoms with van der Waals surface area (Å²) in [6, 6.07) is 0. The molecular formula is O3PtW2. The van der Waals surface area contributed by atoms with E-state index in [1.54, 1.807) is 0 Å². The Hall–Kier alpha value is 1.46. The van der Waals surface area contributed by atoms with Crippen molar-refractivity contribution >= 4 is 0 Å². The van der Waals surface area contributed by atoms with Gasteiger partial charge in [0.15, 0.2) is 0 Å². The van der Waals surface area contributed by atoms with Gasteiger partial charge < -0.3 is 0 Å². The molecule has 0 unspecified atom stereocenters. The fourth-order valence-electron chi connectivity index (χ4n) is 0. The summed E-state index contributed by atoms with van der Waals surface area (Å²) in [6.07, 6.45) is 0. The molecule has 0 aromatic carbocycles. The van der Waals surface area contributed by atoms with Crippen molar-refractivity contribution in [1.29, 1.82) is 0 Å². The molecule has 0 saturated carbocycles. The van der Waals surface area contributed by atoms with Crippen LogP contribution in [-0.2, 0) is 69.5 Å². The Balaban J connectivity index is -0.0000000450. The maximum absolute atomic E-state index is 8.61. The van der Waals surface area contributed by atoms with Gasteiger partial charge in [-0.3, -0.25) is 0 Å². The molecule has 0 N–H and O–H groups in total. The van der Waals surface area contributed by atoms with Gasteiger partial charge in [-0.05, 0) is 0 Å². The van der Waals surface area contributed by atoms with E-state index in [4.69, 9.17) is 10.2 Å². The molecular weight excluding hydrogens is 611 g/mol. The van der Waals surface area contributed by atoms with Crippen LogP contribution >= 0.6 is 0 Å². The quantitative estimate of drug-likeness (QED) is 0.377. The summed E-state index contributed by atoms with van der Waals surface area (Å²) >= 11 is -4.28. The van der Waals surface area contributed by atoms with E-state index in [1.807, 2.05) is 0 Å². The maximum Gasteiger partial charge on any atom is 0 e. The zero-order chi connectivity index (χ0) is 3.58. The van der Waals surface area contributed by atoms with Crippen LogP contribution < -0.4 is 0 Å². The van der Waals surface area contributed by atoms with Gasteiger partial charge in [0.2, 0.25) is 0 Å². The van der Waals surface area contributed by atoms with Gasteiger partial charge >= 0.3 is 27.4 Å². The minimum Gasteiger partial charge on any atom is 0 e. The number of hydrogen-bond donors (Lipinski definition) is 0. The molecule has 0 spiro atoms. The average Bonchev–Trinajstić information content (AvgIpc) is 0.811. The van der Waals surface area contributed by atoms with Gasteiger partial charge in [-0.15, -0.1) is 0 Å². The molecule has 0 fully saturated rings. The molecule has 0 aliphatic heterocycles. The zero-order valence-corrected chi connectivity index (χ0v) is 10.5. The third-order valence-electron chi connectivity index (χ3n) is 0. The second-order valence-electron chi connectivity index (χ2n) is 0.204. The summed E-state index contributed by atoms with van der Waals surface area (Å²) in [5, 5.41) is 0. The summed E-state index contributed by atoms with van der Waals surface area (Å²) < 4.78 is 25.8. The van der Waals surface area contributed by atoms with E-state index in [-0.39, 0.29) is 42.1 Å². The summed E-state index contributed by atoms with van der Waals surface area (Å²) in [7, 11) is 0. The van der Waals surface area contributed by atoms with E-state index < -0.39 is 17.2 Å². The summed E-state index contributed by atoms with van der Waals surface area (Å²) in [4.78, 5) is 0. The Labute approximate surface area is 68.9 Å². The van der Waals surface area contributed by atoms with Crippen LogP contribution in [-0.4, -0.2) is 0 Å². The van der Waals surface area contributed by atoms with Gasteiger partial charge in [0.05, 0.1) is 0 Å². The molecule has 3 nitrogen and oxygen atoms in total. The molecule has 0 aromatic rings. The van der Waals surface area contributed by atoms with Crippen LogP contribution in [0.5, 0.6) is 0 Å². The van der Waals surface area contributed by atoms with Crippen molar-refractivity contribution in [3.05, 3.63) is 0 Å². The summed E-state index contributed by atoms with van der Waals surface area (Å²) in [6.45, 7) is 0. The van der Waals surface area contributed by atoms with Crippen molar-refractivity contribution in [2.45, 2.75) is 0 Å². The Morgan fingerprint density at radius 3 is 1.00 bits per heavy atom. The van der Waals surface area contributed by atoms with Gasteiger partial charge in [0.25, 0.3) is 0 Å². The Morgan fingerprint density at radius 2 is 1.00 bits per heavy atom. The molecule has 0 bridgehead atoms. The molecule has 0 amide bonds. The van der Waals surface area contributed by atoms with Gasteiger partial charge in [-0.2, -0.15) is 0 Å². The molecule has 0 heterocycles. The molecule has 40 valence electrons. The number of hydrogen-bond acceptors (Lipinski definition) is 3. The minimum atomic E-state index is -4.28. The molecule has 0 radical (unpaired) electrons. The molecule has 0 aliphatic rings. The van der Waals surface area contributed by atoms with Gasteiger partial charge in [-0.25, -0.2) is 0 Å². The van der Waals surface area contributed by atoms with Crippen LogP contribution in [0.2, 0.25) is 0 Å². The first kappa shape index (κ1) is 15.7. The first-order valence-corrected chi connectivity index (χ1v) is 4.09. The Kier molecular flexibility index (Phi) is 25.3. The van der Waals surface area contributed by atoms with Crippen molar-refractivity contribution in [1.82, 2.24) is 0 Å². The Bertz CT molecular complexity index is 78.2. The van der Waals surface area contributed by atoms with E-state index >= 15 is 0 Å². The van der Waals surface area contributed by atoms with E-state index in [2.05, 4.69) is 0 Å². The molecule has 0 saturated heterocycles. The summed E-state index contributed by atoms with van der Waals surface area (Å²) in [5.41, 5.74) is 0. The second kappa shape index (κ2) is 9.69. The third-order valence-corrected chi connectivity index (χ3v) is 0. The van der Waals surface area contributed by atoms with E-state index in [0.717, 1.165) is 0 Å². The van der Waals surface area contributed by atoms with Crippen LogP contribution in [0.25, 0.3) is 0 Å². The number of rotatable bonds is 0. The SMILES string of the molecule is [O]=[W](=[O])=[O].[Pt].[W]. The van der Waals surface area contributed by atoms with Crippen molar-refractivity contribution < 1.29 is 69.5 Å². The predicted octanol–water partition coefficient (Wildman–Crippen LogP) is -0.364. The van der Waals surface area contributed by atoms with Crippen molar-refractivity contribution in [3.63, 3.8) is 0 Å². The first-order chi connectivity index (χ1) is 1.73. The van der Waals surface area contributed by atoms with Crippen molar-refractivity contribution in [3.8, 4) is 0 Å². The van der Waals surface area contributed by atoms with Crippen LogP contribution in [0, 0.1) is 0 Å². The smallest absolute Gasteiger partial charge is 0 e. The predicted molar refractivity (Wildman–Crippen MR) is 2.06 cm³/mol. The molecule has 6 heavy (non-hydrogen) atoms. The summed E-state index contributed by atoms with van der Waals surface area (Å²) in [5.74, 6) is 0. The largest absolute Gasteiger partial charge is 0 e. The first-order valence-electron chi connectivity index (χ1n) is 0.500. The molecule has 6 heteroatoms. The van der Waals surface area contributed by atoms with Crippen LogP contribution in [0.15, 0.2) is 0 Å². The van der Waals surface area contributed by atoms with Gasteiger partial charge in [0.1, 0.15) is 0 Å². The monoisotopic (exact) mass is 611 g/mol. The van der Waals surface area contributed by atoms with Crippen LogP contribution in [0.4, 0.5) is 0 Å². The second-order valence-corrected chi connectivity index (χ2v) is 1.67. The van der Waals surface area contributed by atoms with E-state index in [9.17, 15) is 0 Å². The van der Waals surface area contributed by atoms with Gasteiger partial charge in [-0.1, -0.05) is 0 Å². The molecule has 0 aliphatic carbocycles. The topological polar surface area (TPSA) is 51.2 Å². The maximum atomic E-state index is 8.61. The zero-order valence-electron chi connectivity index (χ0n) is 2.36. The van der Waals surface area contributed by atoms with Crippen molar-refractivity contribution in [2.24, 2.45) is 0 Å². The normalized spacial score (nSPS) is 4.00. The molecule has 0 rings (SSSR count). The fraction of sp³-hybridized carbons (Fsp3) is 0. The average molecular weight is 611 g/mol. The van der Waals surface area contributed by atoms with Gasteiger partial charge in [0, 0.05) is 42.1 Å².